The van der Waals surface area contributed by atoms with E-state index >= 15 is 0 Å². The first-order chi connectivity index (χ1) is 5.70. The SMILES string of the molecule is CCC(C(=O)[O-])(C(=O)[O-])C(C)(C)C.[Ba+2]. The molecule has 0 saturated carbocycles. The Balaban J connectivity index is 0. The van der Waals surface area contributed by atoms with Gasteiger partial charge in [0.15, 0.2) is 0 Å². The van der Waals surface area contributed by atoms with Gasteiger partial charge in [-0.1, -0.05) is 27.7 Å². The first-order valence-electron chi connectivity index (χ1n) is 4.13. The Morgan fingerprint density at radius 3 is 1.36 bits per heavy atom. The van der Waals surface area contributed by atoms with Crippen molar-refractivity contribution in [3.63, 3.8) is 0 Å². The summed E-state index contributed by atoms with van der Waals surface area (Å²) in [5.41, 5.74) is -2.83. The largest absolute Gasteiger partial charge is 2.00 e. The zero-order chi connectivity index (χ0) is 10.9. The predicted molar refractivity (Wildman–Crippen MR) is 47.9 cm³/mol. The Labute approximate surface area is 124 Å². The molecule has 0 aliphatic heterocycles. The molecule has 0 aromatic heterocycles. The molecule has 4 nitrogen and oxygen atoms in total. The summed E-state index contributed by atoms with van der Waals surface area (Å²) in [5.74, 6) is -3.16. The van der Waals surface area contributed by atoms with Gasteiger partial charge in [0.1, 0.15) is 0 Å². The molecular formula is C9H14BaO4. The maximum Gasteiger partial charge on any atom is 2.00 e. The zero-order valence-electron chi connectivity index (χ0n) is 9.05. The molecule has 0 amide bonds. The number of hydrogen-bond donors (Lipinski definition) is 0. The van der Waals surface area contributed by atoms with E-state index in [0.717, 1.165) is 0 Å². The Hall–Kier alpha value is 0.511. The molecule has 0 heterocycles. The normalized spacial score (nSPS) is 11.7. The number of carboxylic acids is 2. The van der Waals surface area contributed by atoms with Gasteiger partial charge in [-0.2, -0.15) is 0 Å². The first-order valence-corrected chi connectivity index (χ1v) is 4.13. The van der Waals surface area contributed by atoms with Gasteiger partial charge < -0.3 is 19.8 Å². The van der Waals surface area contributed by atoms with E-state index in [1.807, 2.05) is 0 Å². The quantitative estimate of drug-likeness (QED) is 0.470. The summed E-state index contributed by atoms with van der Waals surface area (Å²) in [4.78, 5) is 21.6. The van der Waals surface area contributed by atoms with Crippen molar-refractivity contribution < 1.29 is 19.8 Å². The van der Waals surface area contributed by atoms with Crippen molar-refractivity contribution in [3.05, 3.63) is 0 Å². The monoisotopic (exact) mass is 324 g/mol. The van der Waals surface area contributed by atoms with Crippen LogP contribution in [0.15, 0.2) is 0 Å². The molecule has 0 fully saturated rings. The fourth-order valence-electron chi connectivity index (χ4n) is 1.51. The molecular weight excluding hydrogens is 309 g/mol. The van der Waals surface area contributed by atoms with Crippen LogP contribution in [0.1, 0.15) is 34.1 Å². The van der Waals surface area contributed by atoms with Crippen LogP contribution in [0.3, 0.4) is 0 Å². The summed E-state index contributed by atoms with van der Waals surface area (Å²) in [6.07, 6.45) is -0.0405. The van der Waals surface area contributed by atoms with Crippen LogP contribution in [0.4, 0.5) is 0 Å². The van der Waals surface area contributed by atoms with Crippen LogP contribution in [-0.2, 0) is 9.59 Å². The molecule has 5 heteroatoms. The Morgan fingerprint density at radius 2 is 1.36 bits per heavy atom. The molecule has 0 bridgehead atoms. The number of rotatable bonds is 3. The van der Waals surface area contributed by atoms with Crippen molar-refractivity contribution in [3.8, 4) is 0 Å². The molecule has 0 spiro atoms. The summed E-state index contributed by atoms with van der Waals surface area (Å²) in [5, 5.41) is 21.6. The maximum absolute atomic E-state index is 10.8. The molecule has 0 radical (unpaired) electrons. The van der Waals surface area contributed by atoms with Gasteiger partial charge in [-0.15, -0.1) is 0 Å². The Morgan fingerprint density at radius 1 is 1.07 bits per heavy atom. The Bertz CT molecular complexity index is 215. The van der Waals surface area contributed by atoms with Gasteiger partial charge in [-0.3, -0.25) is 0 Å². The summed E-state index contributed by atoms with van der Waals surface area (Å²) < 4.78 is 0. The topological polar surface area (TPSA) is 80.3 Å². The third-order valence-corrected chi connectivity index (χ3v) is 2.51. The number of carboxylic acid groups (broad SMARTS) is 2. The van der Waals surface area contributed by atoms with Crippen molar-refractivity contribution >= 4 is 60.8 Å². The van der Waals surface area contributed by atoms with Gasteiger partial charge in [0.05, 0.1) is 17.4 Å². The van der Waals surface area contributed by atoms with Crippen LogP contribution >= 0.6 is 0 Å². The van der Waals surface area contributed by atoms with E-state index in [4.69, 9.17) is 0 Å². The minimum atomic E-state index is -1.91. The molecule has 0 saturated heterocycles. The van der Waals surface area contributed by atoms with Crippen molar-refractivity contribution in [1.29, 1.82) is 0 Å². The van der Waals surface area contributed by atoms with E-state index in [-0.39, 0.29) is 55.3 Å². The summed E-state index contributed by atoms with van der Waals surface area (Å²) in [6, 6.07) is 0. The predicted octanol–water partition coefficient (Wildman–Crippen LogP) is -1.45. The summed E-state index contributed by atoms with van der Waals surface area (Å²) >= 11 is 0. The van der Waals surface area contributed by atoms with Crippen LogP contribution in [0, 0.1) is 10.8 Å². The number of carbonyl (C=O) groups is 2. The third-order valence-electron chi connectivity index (χ3n) is 2.51. The van der Waals surface area contributed by atoms with E-state index in [9.17, 15) is 19.8 Å². The average molecular weight is 324 g/mol. The van der Waals surface area contributed by atoms with Gasteiger partial charge in [0, 0.05) is 0 Å². The second-order valence-corrected chi connectivity index (χ2v) is 4.08. The van der Waals surface area contributed by atoms with Crippen LogP contribution in [0.5, 0.6) is 0 Å². The van der Waals surface area contributed by atoms with Crippen LogP contribution in [0.25, 0.3) is 0 Å². The molecule has 14 heavy (non-hydrogen) atoms. The minimum Gasteiger partial charge on any atom is -0.549 e. The van der Waals surface area contributed by atoms with Crippen molar-refractivity contribution in [1.82, 2.24) is 0 Å². The molecule has 0 aromatic carbocycles. The minimum absolute atomic E-state index is 0. The molecule has 76 valence electrons. The Kier molecular flexibility index (Phi) is 6.72. The standard InChI is InChI=1S/C9H16O4.Ba/c1-5-9(6(10)11,7(12)13)8(2,3)4;/h5H2,1-4H3,(H,10,11)(H,12,13);/q;+2/p-2. The van der Waals surface area contributed by atoms with Crippen molar-refractivity contribution in [2.24, 2.45) is 10.8 Å². The molecule has 0 atom stereocenters. The van der Waals surface area contributed by atoms with E-state index in [1.54, 1.807) is 20.8 Å². The van der Waals surface area contributed by atoms with Gasteiger partial charge in [0.2, 0.25) is 0 Å². The molecule has 0 aliphatic rings. The van der Waals surface area contributed by atoms with E-state index in [1.165, 1.54) is 6.92 Å². The van der Waals surface area contributed by atoms with E-state index in [2.05, 4.69) is 0 Å². The van der Waals surface area contributed by atoms with Gasteiger partial charge in [-0.05, 0) is 11.8 Å². The average Bonchev–Trinajstić information content (AvgIpc) is 1.83. The number of carbonyl (C=O) groups excluding carboxylic acids is 2. The van der Waals surface area contributed by atoms with Gasteiger partial charge >= 0.3 is 48.9 Å². The summed E-state index contributed by atoms with van der Waals surface area (Å²) in [7, 11) is 0. The van der Waals surface area contributed by atoms with E-state index < -0.39 is 22.8 Å². The number of hydrogen-bond acceptors (Lipinski definition) is 4. The van der Waals surface area contributed by atoms with Crippen LogP contribution in [-0.4, -0.2) is 60.8 Å². The molecule has 0 N–H and O–H groups in total. The van der Waals surface area contributed by atoms with Gasteiger partial charge in [0.25, 0.3) is 0 Å². The summed E-state index contributed by atoms with van der Waals surface area (Å²) in [6.45, 7) is 6.13. The zero-order valence-corrected chi connectivity index (χ0v) is 13.5. The van der Waals surface area contributed by atoms with Crippen LogP contribution < -0.4 is 10.2 Å². The second kappa shape index (κ2) is 5.56. The second-order valence-electron chi connectivity index (χ2n) is 4.08. The molecule has 0 aromatic rings. The smallest absolute Gasteiger partial charge is 0.549 e. The third kappa shape index (κ3) is 2.76. The first kappa shape index (κ1) is 16.9. The van der Waals surface area contributed by atoms with E-state index in [0.29, 0.717) is 0 Å². The number of aliphatic carboxylic acids is 2. The maximum atomic E-state index is 10.8. The molecule has 0 unspecified atom stereocenters. The van der Waals surface area contributed by atoms with Gasteiger partial charge in [-0.25, -0.2) is 0 Å². The van der Waals surface area contributed by atoms with Crippen molar-refractivity contribution in [2.75, 3.05) is 0 Å². The van der Waals surface area contributed by atoms with Crippen molar-refractivity contribution in [2.45, 2.75) is 34.1 Å². The molecule has 0 rings (SSSR count). The van der Waals surface area contributed by atoms with Crippen LogP contribution in [0.2, 0.25) is 0 Å². The fourth-order valence-corrected chi connectivity index (χ4v) is 1.51. The fraction of sp³-hybridized carbons (Fsp3) is 0.778. The molecule has 0 aliphatic carbocycles.